The SMILES string of the molecule is Cl.Nc1snnc1-c1ccc(Cl)cc1. The van der Waals surface area contributed by atoms with E-state index in [1.165, 1.54) is 11.5 Å². The number of benzene rings is 1. The molecule has 0 aliphatic carbocycles. The first-order chi connectivity index (χ1) is 6.27. The number of hydrogen-bond donors (Lipinski definition) is 1. The maximum absolute atomic E-state index is 5.75. The summed E-state index contributed by atoms with van der Waals surface area (Å²) in [5.41, 5.74) is 7.34. The zero-order chi connectivity index (χ0) is 9.26. The number of hydrogen-bond acceptors (Lipinski definition) is 4. The molecule has 0 atom stereocenters. The lowest BCUT2D eigenvalue weighted by Gasteiger charge is -1.96. The van der Waals surface area contributed by atoms with Gasteiger partial charge in [0.25, 0.3) is 0 Å². The number of nitrogens with zero attached hydrogens (tertiary/aromatic N) is 2. The van der Waals surface area contributed by atoms with Crippen molar-refractivity contribution in [2.75, 3.05) is 5.73 Å². The lowest BCUT2D eigenvalue weighted by atomic mass is 10.2. The Balaban J connectivity index is 0.000000980. The molecule has 0 fully saturated rings. The summed E-state index contributed by atoms with van der Waals surface area (Å²) in [5, 5.41) is 5.24. The molecule has 74 valence electrons. The van der Waals surface area contributed by atoms with Crippen LogP contribution >= 0.6 is 35.5 Å². The van der Waals surface area contributed by atoms with Crippen LogP contribution in [0, 0.1) is 0 Å². The number of rotatable bonds is 1. The van der Waals surface area contributed by atoms with Crippen LogP contribution in [0.5, 0.6) is 0 Å². The van der Waals surface area contributed by atoms with E-state index in [2.05, 4.69) is 9.59 Å². The Hall–Kier alpha value is -0.840. The molecule has 0 aliphatic heterocycles. The van der Waals surface area contributed by atoms with Crippen molar-refractivity contribution >= 4 is 40.5 Å². The number of aromatic nitrogens is 2. The van der Waals surface area contributed by atoms with Crippen LogP contribution in [0.25, 0.3) is 11.3 Å². The molecular formula is C8H7Cl2N3S. The second-order valence-corrected chi connectivity index (χ2v) is 3.71. The average Bonchev–Trinajstić information content (AvgIpc) is 2.53. The van der Waals surface area contributed by atoms with Crippen LogP contribution in [0.1, 0.15) is 0 Å². The Kier molecular flexibility index (Phi) is 3.69. The Morgan fingerprint density at radius 2 is 1.86 bits per heavy atom. The monoisotopic (exact) mass is 247 g/mol. The predicted molar refractivity (Wildman–Crippen MR) is 62.0 cm³/mol. The molecule has 0 aliphatic rings. The summed E-state index contributed by atoms with van der Waals surface area (Å²) in [6, 6.07) is 7.34. The minimum absolute atomic E-state index is 0. The molecule has 14 heavy (non-hydrogen) atoms. The second kappa shape index (κ2) is 4.59. The fourth-order valence-corrected chi connectivity index (χ4v) is 1.59. The molecular weight excluding hydrogens is 241 g/mol. The van der Waals surface area contributed by atoms with E-state index in [-0.39, 0.29) is 12.4 Å². The summed E-state index contributed by atoms with van der Waals surface area (Å²) in [5.74, 6) is 0. The van der Waals surface area contributed by atoms with E-state index < -0.39 is 0 Å². The van der Waals surface area contributed by atoms with Crippen LogP contribution in [0.15, 0.2) is 24.3 Å². The second-order valence-electron chi connectivity index (χ2n) is 2.49. The molecule has 0 saturated heterocycles. The van der Waals surface area contributed by atoms with Crippen LogP contribution in [0.2, 0.25) is 5.02 Å². The van der Waals surface area contributed by atoms with Gasteiger partial charge in [-0.25, -0.2) is 0 Å². The highest BCUT2D eigenvalue weighted by molar-refractivity contribution is 7.10. The van der Waals surface area contributed by atoms with Crippen molar-refractivity contribution in [2.24, 2.45) is 0 Å². The van der Waals surface area contributed by atoms with Gasteiger partial charge >= 0.3 is 0 Å². The average molecular weight is 248 g/mol. The van der Waals surface area contributed by atoms with Crippen LogP contribution in [-0.2, 0) is 0 Å². The predicted octanol–water partition coefficient (Wildman–Crippen LogP) is 2.86. The lowest BCUT2D eigenvalue weighted by molar-refractivity contribution is 1.16. The molecule has 2 N–H and O–H groups in total. The first-order valence-corrected chi connectivity index (χ1v) is 4.76. The zero-order valence-electron chi connectivity index (χ0n) is 6.98. The molecule has 3 nitrogen and oxygen atoms in total. The molecule has 0 unspecified atom stereocenters. The van der Waals surface area contributed by atoms with Gasteiger partial charge in [-0.1, -0.05) is 28.2 Å². The topological polar surface area (TPSA) is 51.8 Å². The smallest absolute Gasteiger partial charge is 0.135 e. The number of nitrogen functional groups attached to an aromatic ring is 1. The van der Waals surface area contributed by atoms with Crippen molar-refractivity contribution < 1.29 is 0 Å². The van der Waals surface area contributed by atoms with Crippen molar-refractivity contribution in [3.8, 4) is 11.3 Å². The highest BCUT2D eigenvalue weighted by atomic mass is 35.5. The van der Waals surface area contributed by atoms with Gasteiger partial charge in [0.1, 0.15) is 10.7 Å². The van der Waals surface area contributed by atoms with Crippen LogP contribution in [0.3, 0.4) is 0 Å². The van der Waals surface area contributed by atoms with Gasteiger partial charge < -0.3 is 5.73 Å². The number of anilines is 1. The van der Waals surface area contributed by atoms with Gasteiger partial charge in [-0.05, 0) is 12.1 Å². The lowest BCUT2D eigenvalue weighted by Crippen LogP contribution is -1.85. The van der Waals surface area contributed by atoms with E-state index in [1.54, 1.807) is 12.1 Å². The van der Waals surface area contributed by atoms with E-state index in [4.69, 9.17) is 17.3 Å². The highest BCUT2D eigenvalue weighted by Gasteiger charge is 2.05. The third-order valence-corrected chi connectivity index (χ3v) is 2.44. The fourth-order valence-electron chi connectivity index (χ4n) is 1.01. The van der Waals surface area contributed by atoms with Gasteiger partial charge in [0.2, 0.25) is 0 Å². The maximum atomic E-state index is 5.75. The standard InChI is InChI=1S/C8H6ClN3S.ClH/c9-6-3-1-5(2-4-6)7-8(10)13-12-11-7;/h1-4H,10H2;1H. The minimum atomic E-state index is 0. The fraction of sp³-hybridized carbons (Fsp3) is 0. The van der Waals surface area contributed by atoms with E-state index in [1.807, 2.05) is 12.1 Å². The molecule has 0 radical (unpaired) electrons. The summed E-state index contributed by atoms with van der Waals surface area (Å²) in [6.45, 7) is 0. The first-order valence-electron chi connectivity index (χ1n) is 3.61. The molecule has 0 saturated carbocycles. The third-order valence-electron chi connectivity index (χ3n) is 1.63. The Morgan fingerprint density at radius 3 is 2.36 bits per heavy atom. The van der Waals surface area contributed by atoms with Gasteiger partial charge in [-0.2, -0.15) is 0 Å². The normalized spacial score (nSPS) is 9.50. The molecule has 1 aromatic heterocycles. The van der Waals surface area contributed by atoms with Crippen molar-refractivity contribution in [2.45, 2.75) is 0 Å². The van der Waals surface area contributed by atoms with Gasteiger partial charge in [-0.15, -0.1) is 17.5 Å². The minimum Gasteiger partial charge on any atom is -0.387 e. The van der Waals surface area contributed by atoms with Crippen LogP contribution < -0.4 is 5.73 Å². The summed E-state index contributed by atoms with van der Waals surface area (Å²) in [4.78, 5) is 0. The van der Waals surface area contributed by atoms with Crippen molar-refractivity contribution in [1.82, 2.24) is 9.59 Å². The molecule has 6 heteroatoms. The first kappa shape index (κ1) is 11.2. The van der Waals surface area contributed by atoms with E-state index in [9.17, 15) is 0 Å². The Morgan fingerprint density at radius 1 is 1.21 bits per heavy atom. The molecule has 1 heterocycles. The molecule has 2 rings (SSSR count). The Labute approximate surface area is 96.5 Å². The van der Waals surface area contributed by atoms with Crippen molar-refractivity contribution in [1.29, 1.82) is 0 Å². The van der Waals surface area contributed by atoms with Crippen molar-refractivity contribution in [3.63, 3.8) is 0 Å². The van der Waals surface area contributed by atoms with Crippen LogP contribution in [-0.4, -0.2) is 9.59 Å². The quantitative estimate of drug-likeness (QED) is 0.844. The summed E-state index contributed by atoms with van der Waals surface area (Å²) >= 11 is 6.94. The van der Waals surface area contributed by atoms with E-state index in [0.717, 1.165) is 11.3 Å². The maximum Gasteiger partial charge on any atom is 0.135 e. The Bertz CT molecular complexity index is 413. The van der Waals surface area contributed by atoms with Crippen molar-refractivity contribution in [3.05, 3.63) is 29.3 Å². The largest absolute Gasteiger partial charge is 0.387 e. The molecule has 2 aromatic rings. The zero-order valence-corrected chi connectivity index (χ0v) is 9.36. The van der Waals surface area contributed by atoms with Gasteiger partial charge in [0, 0.05) is 22.1 Å². The summed E-state index contributed by atoms with van der Waals surface area (Å²) < 4.78 is 3.75. The highest BCUT2D eigenvalue weighted by Crippen LogP contribution is 2.26. The summed E-state index contributed by atoms with van der Waals surface area (Å²) in [7, 11) is 0. The van der Waals surface area contributed by atoms with Gasteiger partial charge in [0.05, 0.1) is 0 Å². The molecule has 1 aromatic carbocycles. The molecule has 0 bridgehead atoms. The number of halogens is 2. The van der Waals surface area contributed by atoms with E-state index in [0.29, 0.717) is 10.0 Å². The third kappa shape index (κ3) is 2.15. The van der Waals surface area contributed by atoms with Gasteiger partial charge in [0.15, 0.2) is 0 Å². The van der Waals surface area contributed by atoms with Crippen LogP contribution in [0.4, 0.5) is 5.00 Å². The van der Waals surface area contributed by atoms with E-state index >= 15 is 0 Å². The number of nitrogens with two attached hydrogens (primary N) is 1. The molecule has 0 spiro atoms. The molecule has 0 amide bonds. The van der Waals surface area contributed by atoms with Gasteiger partial charge in [-0.3, -0.25) is 0 Å². The summed E-state index contributed by atoms with van der Waals surface area (Å²) in [6.07, 6.45) is 0.